The zero-order valence-electron chi connectivity index (χ0n) is 14.2. The lowest BCUT2D eigenvalue weighted by Gasteiger charge is -2.29. The van der Waals surface area contributed by atoms with E-state index in [2.05, 4.69) is 22.1 Å². The van der Waals surface area contributed by atoms with Gasteiger partial charge in [-0.1, -0.05) is 6.07 Å². The van der Waals surface area contributed by atoms with Crippen LogP contribution in [-0.2, 0) is 11.2 Å². The molecule has 0 spiro atoms. The smallest absolute Gasteiger partial charge is 0.126 e. The van der Waals surface area contributed by atoms with Crippen LogP contribution in [-0.4, -0.2) is 36.1 Å². The highest BCUT2D eigenvalue weighted by Crippen LogP contribution is 2.22. The number of anilines is 1. The average molecular weight is 355 g/mol. The van der Waals surface area contributed by atoms with Crippen LogP contribution in [0.25, 0.3) is 5.69 Å². The third kappa shape index (κ3) is 3.46. The van der Waals surface area contributed by atoms with Gasteiger partial charge in [0.05, 0.1) is 18.9 Å². The third-order valence-corrected chi connectivity index (χ3v) is 4.55. The van der Waals surface area contributed by atoms with E-state index >= 15 is 0 Å². The van der Waals surface area contributed by atoms with Gasteiger partial charge in [0.2, 0.25) is 0 Å². The highest BCUT2D eigenvalue weighted by molar-refractivity contribution is 5.53. The van der Waals surface area contributed by atoms with Crippen molar-refractivity contribution in [3.63, 3.8) is 0 Å². The van der Waals surface area contributed by atoms with Gasteiger partial charge in [-0.05, 0) is 48.0 Å². The Bertz CT molecular complexity index is 904. The first-order valence-electron chi connectivity index (χ1n) is 8.61. The van der Waals surface area contributed by atoms with Gasteiger partial charge in [-0.15, -0.1) is 0 Å². The Morgan fingerprint density at radius 2 is 1.77 bits per heavy atom. The maximum Gasteiger partial charge on any atom is 0.126 e. The van der Waals surface area contributed by atoms with Crippen molar-refractivity contribution in [1.29, 1.82) is 0 Å². The number of nitrogens with zero attached hydrogens (tertiary/aromatic N) is 3. The molecule has 1 saturated heterocycles. The van der Waals surface area contributed by atoms with Gasteiger partial charge in [-0.3, -0.25) is 0 Å². The van der Waals surface area contributed by atoms with Crippen LogP contribution in [0.4, 0.5) is 14.5 Å². The van der Waals surface area contributed by atoms with E-state index in [1.165, 1.54) is 6.07 Å². The van der Waals surface area contributed by atoms with Gasteiger partial charge in [0, 0.05) is 37.1 Å². The van der Waals surface area contributed by atoms with Crippen LogP contribution in [0, 0.1) is 11.6 Å². The molecule has 1 fully saturated rings. The van der Waals surface area contributed by atoms with E-state index in [-0.39, 0.29) is 6.42 Å². The van der Waals surface area contributed by atoms with Crippen LogP contribution in [0.2, 0.25) is 0 Å². The summed E-state index contributed by atoms with van der Waals surface area (Å²) in [6.07, 6.45) is 1.94. The molecule has 0 bridgehead atoms. The summed E-state index contributed by atoms with van der Waals surface area (Å²) in [7, 11) is 0. The van der Waals surface area contributed by atoms with E-state index in [0.29, 0.717) is 5.56 Å². The molecule has 1 aliphatic heterocycles. The Balaban J connectivity index is 1.63. The number of rotatable bonds is 4. The molecular formula is C20H19F2N3O. The molecule has 0 saturated carbocycles. The summed E-state index contributed by atoms with van der Waals surface area (Å²) >= 11 is 0. The highest BCUT2D eigenvalue weighted by Gasteiger charge is 2.14. The first-order valence-corrected chi connectivity index (χ1v) is 8.61. The summed E-state index contributed by atoms with van der Waals surface area (Å²) in [5.74, 6) is -0.858. The Morgan fingerprint density at radius 3 is 2.62 bits per heavy atom. The minimum atomic E-state index is -0.443. The molecule has 0 radical (unpaired) electrons. The van der Waals surface area contributed by atoms with Crippen molar-refractivity contribution in [2.24, 2.45) is 0 Å². The van der Waals surface area contributed by atoms with Crippen molar-refractivity contribution in [2.75, 3.05) is 31.2 Å². The van der Waals surface area contributed by atoms with Gasteiger partial charge in [0.1, 0.15) is 11.6 Å². The molecule has 2 heterocycles. The normalized spacial score (nSPS) is 14.6. The maximum absolute atomic E-state index is 14.0. The fraction of sp³-hybridized carbons (Fsp3) is 0.250. The number of halogens is 2. The Hall–Kier alpha value is -2.73. The van der Waals surface area contributed by atoms with Crippen molar-refractivity contribution < 1.29 is 13.5 Å². The van der Waals surface area contributed by atoms with Gasteiger partial charge in [-0.2, -0.15) is 5.10 Å². The second-order valence-corrected chi connectivity index (χ2v) is 6.27. The molecule has 6 heteroatoms. The van der Waals surface area contributed by atoms with Crippen LogP contribution >= 0.6 is 0 Å². The zero-order chi connectivity index (χ0) is 17.9. The predicted molar refractivity (Wildman–Crippen MR) is 95.8 cm³/mol. The molecule has 0 unspecified atom stereocenters. The first kappa shape index (κ1) is 16.7. The van der Waals surface area contributed by atoms with Crippen molar-refractivity contribution in [1.82, 2.24) is 9.78 Å². The molecule has 3 aromatic rings. The molecule has 0 N–H and O–H groups in total. The zero-order valence-corrected chi connectivity index (χ0v) is 14.2. The number of hydrogen-bond acceptors (Lipinski definition) is 3. The van der Waals surface area contributed by atoms with Crippen LogP contribution in [0.3, 0.4) is 0 Å². The van der Waals surface area contributed by atoms with Gasteiger partial charge in [-0.25, -0.2) is 13.5 Å². The van der Waals surface area contributed by atoms with Gasteiger partial charge in [0.25, 0.3) is 0 Å². The largest absolute Gasteiger partial charge is 0.378 e. The van der Waals surface area contributed by atoms with Gasteiger partial charge >= 0.3 is 0 Å². The summed E-state index contributed by atoms with van der Waals surface area (Å²) in [4.78, 5) is 2.27. The van der Waals surface area contributed by atoms with Crippen LogP contribution in [0.1, 0.15) is 11.3 Å². The van der Waals surface area contributed by atoms with Crippen LogP contribution < -0.4 is 4.90 Å². The van der Waals surface area contributed by atoms with Crippen molar-refractivity contribution in [3.05, 3.63) is 77.6 Å². The fourth-order valence-corrected chi connectivity index (χ4v) is 3.21. The van der Waals surface area contributed by atoms with E-state index in [4.69, 9.17) is 4.74 Å². The summed E-state index contributed by atoms with van der Waals surface area (Å²) in [6.45, 7) is 3.14. The summed E-state index contributed by atoms with van der Waals surface area (Å²) < 4.78 is 34.6. The Labute approximate surface area is 150 Å². The molecule has 4 nitrogen and oxygen atoms in total. The van der Waals surface area contributed by atoms with E-state index in [9.17, 15) is 8.78 Å². The van der Waals surface area contributed by atoms with E-state index < -0.39 is 11.6 Å². The Kier molecular flexibility index (Phi) is 4.67. The standard InChI is InChI=1S/C20H19F2N3O/c21-16-4-5-20(22)15(12-16)13-19-6-7-23-25(19)18-3-1-2-17(14-18)24-8-10-26-11-9-24/h1-7,12,14H,8-11,13H2. The molecule has 26 heavy (non-hydrogen) atoms. The second-order valence-electron chi connectivity index (χ2n) is 6.27. The van der Waals surface area contributed by atoms with E-state index in [1.807, 2.05) is 18.2 Å². The Morgan fingerprint density at radius 1 is 0.962 bits per heavy atom. The number of aromatic nitrogens is 2. The van der Waals surface area contributed by atoms with Crippen molar-refractivity contribution in [2.45, 2.75) is 6.42 Å². The number of morpholine rings is 1. The monoisotopic (exact) mass is 355 g/mol. The molecule has 0 atom stereocenters. The van der Waals surface area contributed by atoms with E-state index in [0.717, 1.165) is 55.5 Å². The number of benzene rings is 2. The quantitative estimate of drug-likeness (QED) is 0.717. The molecule has 4 rings (SSSR count). The topological polar surface area (TPSA) is 30.3 Å². The third-order valence-electron chi connectivity index (χ3n) is 4.55. The lowest BCUT2D eigenvalue weighted by Crippen LogP contribution is -2.36. The van der Waals surface area contributed by atoms with Crippen molar-refractivity contribution >= 4 is 5.69 Å². The molecule has 1 aromatic heterocycles. The van der Waals surface area contributed by atoms with Crippen LogP contribution in [0.5, 0.6) is 0 Å². The summed E-state index contributed by atoms with van der Waals surface area (Å²) in [5.41, 5.74) is 3.11. The number of ether oxygens (including phenoxy) is 1. The molecular weight excluding hydrogens is 336 g/mol. The van der Waals surface area contributed by atoms with Gasteiger partial charge < -0.3 is 9.64 Å². The molecule has 0 amide bonds. The lowest BCUT2D eigenvalue weighted by atomic mass is 10.1. The lowest BCUT2D eigenvalue weighted by molar-refractivity contribution is 0.122. The first-order chi connectivity index (χ1) is 12.7. The minimum absolute atomic E-state index is 0.269. The minimum Gasteiger partial charge on any atom is -0.378 e. The maximum atomic E-state index is 14.0. The molecule has 0 aliphatic carbocycles. The average Bonchev–Trinajstić information content (AvgIpc) is 3.14. The van der Waals surface area contributed by atoms with Crippen LogP contribution in [0.15, 0.2) is 54.7 Å². The molecule has 134 valence electrons. The predicted octanol–water partition coefficient (Wildman–Crippen LogP) is 3.58. The number of hydrogen-bond donors (Lipinski definition) is 0. The van der Waals surface area contributed by atoms with Gasteiger partial charge in [0.15, 0.2) is 0 Å². The van der Waals surface area contributed by atoms with Crippen molar-refractivity contribution in [3.8, 4) is 5.69 Å². The molecule has 2 aromatic carbocycles. The van der Waals surface area contributed by atoms with E-state index in [1.54, 1.807) is 10.9 Å². The second kappa shape index (κ2) is 7.25. The summed E-state index contributed by atoms with van der Waals surface area (Å²) in [6, 6.07) is 13.4. The highest BCUT2D eigenvalue weighted by atomic mass is 19.1. The summed E-state index contributed by atoms with van der Waals surface area (Å²) in [5, 5.41) is 4.38. The fourth-order valence-electron chi connectivity index (χ4n) is 3.21. The SMILES string of the molecule is Fc1ccc(F)c(Cc2ccnn2-c2cccc(N3CCOCC3)c2)c1. The molecule has 1 aliphatic rings.